The molecule has 0 radical (unpaired) electrons. The molecule has 0 bridgehead atoms. The van der Waals surface area contributed by atoms with E-state index in [1.807, 2.05) is 0 Å². The lowest BCUT2D eigenvalue weighted by atomic mass is 9.98. The number of ether oxygens (including phenoxy) is 6. The third kappa shape index (κ3) is 5.81. The summed E-state index contributed by atoms with van der Waals surface area (Å²) >= 11 is 0. The molecule has 0 aliphatic heterocycles. The van der Waals surface area contributed by atoms with Crippen molar-refractivity contribution >= 4 is 11.8 Å². The highest BCUT2D eigenvalue weighted by atomic mass is 16.6. The van der Waals surface area contributed by atoms with Crippen LogP contribution in [0.4, 0.5) is 0 Å². The van der Waals surface area contributed by atoms with E-state index in [-0.39, 0.29) is 18.6 Å². The minimum absolute atomic E-state index is 0.00821. The molecular formula is C23H28O8. The molecule has 8 heteroatoms. The van der Waals surface area contributed by atoms with Crippen molar-refractivity contribution in [1.29, 1.82) is 0 Å². The minimum Gasteiger partial charge on any atom is -0.497 e. The smallest absolute Gasteiger partial charge is 0.302 e. The van der Waals surface area contributed by atoms with Gasteiger partial charge in [0.25, 0.3) is 0 Å². The molecule has 0 spiro atoms. The summed E-state index contributed by atoms with van der Waals surface area (Å²) in [4.78, 5) is 24.5. The topological polar surface area (TPSA) is 89.5 Å². The lowest BCUT2D eigenvalue weighted by Crippen LogP contribution is -2.23. The summed E-state index contributed by atoms with van der Waals surface area (Å²) in [6.45, 7) is 1.30. The number of benzene rings is 2. The Morgan fingerprint density at radius 2 is 1.42 bits per heavy atom. The molecule has 2 rings (SSSR count). The lowest BCUT2D eigenvalue weighted by molar-refractivity contribution is -0.146. The molecule has 1 unspecified atom stereocenters. The largest absolute Gasteiger partial charge is 0.497 e. The monoisotopic (exact) mass is 432 g/mol. The van der Waals surface area contributed by atoms with Crippen LogP contribution in [0.3, 0.4) is 0 Å². The van der Waals surface area contributed by atoms with E-state index in [1.165, 1.54) is 35.4 Å². The summed E-state index contributed by atoms with van der Waals surface area (Å²) in [6.07, 6.45) is -0.517. The molecular weight excluding hydrogens is 404 g/mol. The summed E-state index contributed by atoms with van der Waals surface area (Å²) in [7, 11) is 7.54. The maximum absolute atomic E-state index is 12.8. The fourth-order valence-electron chi connectivity index (χ4n) is 3.29. The Bertz CT molecular complexity index is 905. The maximum Gasteiger partial charge on any atom is 0.302 e. The zero-order chi connectivity index (χ0) is 23.0. The Balaban J connectivity index is 2.37. The Labute approximate surface area is 182 Å². The number of ketones is 1. The molecule has 0 saturated carbocycles. The second kappa shape index (κ2) is 11.1. The molecule has 0 fully saturated rings. The first kappa shape index (κ1) is 23.9. The van der Waals surface area contributed by atoms with Crippen LogP contribution in [0.15, 0.2) is 30.3 Å². The molecule has 31 heavy (non-hydrogen) atoms. The number of hydrogen-bond acceptors (Lipinski definition) is 8. The van der Waals surface area contributed by atoms with E-state index in [4.69, 9.17) is 28.4 Å². The fraction of sp³-hybridized carbons (Fsp3) is 0.391. The van der Waals surface area contributed by atoms with Crippen molar-refractivity contribution < 1.29 is 38.0 Å². The van der Waals surface area contributed by atoms with Gasteiger partial charge in [-0.05, 0) is 30.3 Å². The molecule has 2 aromatic rings. The number of rotatable bonds is 11. The molecule has 8 nitrogen and oxygen atoms in total. The van der Waals surface area contributed by atoms with Crippen molar-refractivity contribution in [2.24, 2.45) is 0 Å². The van der Waals surface area contributed by atoms with Crippen LogP contribution in [0.5, 0.6) is 28.7 Å². The number of Topliss-reactive ketones (excluding diaryl/α,β-unsaturated/α-hetero) is 1. The van der Waals surface area contributed by atoms with Crippen molar-refractivity contribution in [2.75, 3.05) is 35.5 Å². The van der Waals surface area contributed by atoms with Crippen molar-refractivity contribution in [3.63, 3.8) is 0 Å². The van der Waals surface area contributed by atoms with Gasteiger partial charge in [0.2, 0.25) is 11.5 Å². The molecule has 0 aromatic heterocycles. The van der Waals surface area contributed by atoms with Crippen molar-refractivity contribution in [2.45, 2.75) is 25.9 Å². The Morgan fingerprint density at radius 3 is 1.90 bits per heavy atom. The van der Waals surface area contributed by atoms with Gasteiger partial charge in [0.15, 0.2) is 17.3 Å². The van der Waals surface area contributed by atoms with Crippen LogP contribution in [-0.4, -0.2) is 53.4 Å². The van der Waals surface area contributed by atoms with Gasteiger partial charge in [0.05, 0.1) is 35.5 Å². The van der Waals surface area contributed by atoms with Crippen LogP contribution in [0.25, 0.3) is 0 Å². The van der Waals surface area contributed by atoms with Gasteiger partial charge in [-0.25, -0.2) is 0 Å². The number of methoxy groups -OCH3 is 5. The summed E-state index contributed by atoms with van der Waals surface area (Å²) < 4.78 is 32.3. The molecule has 0 aliphatic rings. The first-order valence-electron chi connectivity index (χ1n) is 9.58. The number of esters is 1. The van der Waals surface area contributed by atoms with E-state index in [0.717, 1.165) is 0 Å². The van der Waals surface area contributed by atoms with E-state index >= 15 is 0 Å². The van der Waals surface area contributed by atoms with Gasteiger partial charge in [-0.2, -0.15) is 0 Å². The number of carbonyl (C=O) groups excluding carboxylic acids is 2. The highest BCUT2D eigenvalue weighted by Crippen LogP contribution is 2.47. The van der Waals surface area contributed by atoms with E-state index in [9.17, 15) is 9.59 Å². The van der Waals surface area contributed by atoms with E-state index < -0.39 is 12.1 Å². The van der Waals surface area contributed by atoms with Crippen LogP contribution < -0.4 is 23.7 Å². The van der Waals surface area contributed by atoms with Gasteiger partial charge in [-0.3, -0.25) is 9.59 Å². The van der Waals surface area contributed by atoms with Gasteiger partial charge >= 0.3 is 5.97 Å². The lowest BCUT2D eigenvalue weighted by Gasteiger charge is -2.22. The van der Waals surface area contributed by atoms with Gasteiger partial charge in [-0.15, -0.1) is 0 Å². The fourth-order valence-corrected chi connectivity index (χ4v) is 3.29. The first-order chi connectivity index (χ1) is 14.9. The second-order valence-corrected chi connectivity index (χ2v) is 6.63. The zero-order valence-electron chi connectivity index (χ0n) is 18.6. The summed E-state index contributed by atoms with van der Waals surface area (Å²) in [5.41, 5.74) is 1.14. The van der Waals surface area contributed by atoms with Crippen molar-refractivity contribution in [1.82, 2.24) is 0 Å². The quantitative estimate of drug-likeness (QED) is 0.394. The van der Waals surface area contributed by atoms with Gasteiger partial charge < -0.3 is 28.4 Å². The number of carbonyl (C=O) groups is 2. The molecule has 0 saturated heterocycles. The van der Waals surface area contributed by atoms with Gasteiger partial charge in [0, 0.05) is 30.9 Å². The summed E-state index contributed by atoms with van der Waals surface area (Å²) in [5.74, 6) is 1.56. The molecule has 168 valence electrons. The third-order valence-corrected chi connectivity index (χ3v) is 4.67. The molecule has 2 aromatic carbocycles. The van der Waals surface area contributed by atoms with Crippen molar-refractivity contribution in [3.8, 4) is 28.7 Å². The summed E-state index contributed by atoms with van der Waals surface area (Å²) in [5, 5.41) is 0. The van der Waals surface area contributed by atoms with Gasteiger partial charge in [-0.1, -0.05) is 0 Å². The molecule has 0 amide bonds. The van der Waals surface area contributed by atoms with Crippen LogP contribution in [-0.2, 0) is 16.0 Å². The second-order valence-electron chi connectivity index (χ2n) is 6.63. The van der Waals surface area contributed by atoms with Crippen molar-refractivity contribution in [3.05, 3.63) is 41.5 Å². The van der Waals surface area contributed by atoms with Crippen LogP contribution in [0, 0.1) is 0 Å². The summed E-state index contributed by atoms with van der Waals surface area (Å²) in [6, 6.07) is 8.47. The predicted molar refractivity (Wildman–Crippen MR) is 114 cm³/mol. The van der Waals surface area contributed by atoms with Crippen LogP contribution in [0.1, 0.15) is 29.3 Å². The Morgan fingerprint density at radius 1 is 0.806 bits per heavy atom. The molecule has 0 N–H and O–H groups in total. The Kier molecular flexibility index (Phi) is 8.54. The third-order valence-electron chi connectivity index (χ3n) is 4.67. The molecule has 0 heterocycles. The van der Waals surface area contributed by atoms with Crippen LogP contribution in [0.2, 0.25) is 0 Å². The molecule has 0 aliphatic carbocycles. The average Bonchev–Trinajstić information content (AvgIpc) is 2.77. The van der Waals surface area contributed by atoms with Crippen LogP contribution >= 0.6 is 0 Å². The minimum atomic E-state index is -0.719. The first-order valence-corrected chi connectivity index (χ1v) is 9.58. The number of hydrogen-bond donors (Lipinski definition) is 0. The highest BCUT2D eigenvalue weighted by Gasteiger charge is 2.26. The molecule has 1 atom stereocenters. The SMILES string of the molecule is COc1ccc(C(=O)CC(Cc2cc(OC)c(OC)c(OC)c2OC)OC(C)=O)cc1. The van der Waals surface area contributed by atoms with E-state index in [0.29, 0.717) is 39.9 Å². The standard InChI is InChI=1S/C23H28O8/c1-14(24)31-18(13-19(25)15-7-9-17(26-2)10-8-15)11-16-12-20(27-3)22(29-5)23(30-6)21(16)28-4/h7-10,12,18H,11,13H2,1-6H3. The highest BCUT2D eigenvalue weighted by molar-refractivity contribution is 5.96. The van der Waals surface area contributed by atoms with E-state index in [1.54, 1.807) is 37.4 Å². The van der Waals surface area contributed by atoms with Gasteiger partial charge in [0.1, 0.15) is 11.9 Å². The maximum atomic E-state index is 12.8. The predicted octanol–water partition coefficient (Wildman–Crippen LogP) is 3.48. The Hall–Kier alpha value is -3.42. The normalized spacial score (nSPS) is 11.3. The average molecular weight is 432 g/mol. The van der Waals surface area contributed by atoms with E-state index in [2.05, 4.69) is 0 Å². The zero-order valence-corrected chi connectivity index (χ0v) is 18.6.